The molecule has 0 radical (unpaired) electrons. The number of sulfonamides is 1. The summed E-state index contributed by atoms with van der Waals surface area (Å²) < 4.78 is 37.3. The summed E-state index contributed by atoms with van der Waals surface area (Å²) in [6, 6.07) is 4.65. The normalized spacial score (nSPS) is 20.9. The fourth-order valence-corrected chi connectivity index (χ4v) is 3.87. The first-order valence-electron chi connectivity index (χ1n) is 6.38. The van der Waals surface area contributed by atoms with E-state index in [0.29, 0.717) is 25.3 Å². The molecule has 1 atom stereocenters. The maximum absolute atomic E-state index is 12.7. The summed E-state index contributed by atoms with van der Waals surface area (Å²) >= 11 is 0. The molecule has 0 spiro atoms. The molecule has 0 amide bonds. The molecule has 20 heavy (non-hydrogen) atoms. The van der Waals surface area contributed by atoms with Crippen molar-refractivity contribution in [3.63, 3.8) is 0 Å². The summed E-state index contributed by atoms with van der Waals surface area (Å²) in [5.74, 6) is 0.279. The van der Waals surface area contributed by atoms with Gasteiger partial charge in [0.25, 0.3) is 0 Å². The molecule has 6 nitrogen and oxygen atoms in total. The van der Waals surface area contributed by atoms with Gasteiger partial charge in [-0.2, -0.15) is 4.31 Å². The van der Waals surface area contributed by atoms with Crippen LogP contribution in [-0.2, 0) is 21.4 Å². The number of aliphatic hydroxyl groups excluding tert-OH is 1. The van der Waals surface area contributed by atoms with Crippen LogP contribution in [0.15, 0.2) is 23.1 Å². The van der Waals surface area contributed by atoms with Gasteiger partial charge in [-0.3, -0.25) is 0 Å². The minimum Gasteiger partial charge on any atom is -0.495 e. The van der Waals surface area contributed by atoms with Crippen LogP contribution in [-0.4, -0.2) is 50.7 Å². The fourth-order valence-electron chi connectivity index (χ4n) is 2.16. The largest absolute Gasteiger partial charge is 0.495 e. The van der Waals surface area contributed by atoms with Crippen molar-refractivity contribution >= 4 is 10.0 Å². The van der Waals surface area contributed by atoms with Crippen molar-refractivity contribution in [1.29, 1.82) is 0 Å². The predicted octanol–water partition coefficient (Wildman–Crippen LogP) is 0.597. The van der Waals surface area contributed by atoms with Crippen LogP contribution in [0, 0.1) is 0 Å². The molecule has 112 valence electrons. The van der Waals surface area contributed by atoms with E-state index < -0.39 is 10.0 Å². The van der Waals surface area contributed by atoms with E-state index in [1.165, 1.54) is 17.5 Å². The van der Waals surface area contributed by atoms with Gasteiger partial charge < -0.3 is 14.6 Å². The Hall–Kier alpha value is -1.15. The number of hydrogen-bond acceptors (Lipinski definition) is 5. The smallest absolute Gasteiger partial charge is 0.246 e. The average Bonchev–Trinajstić information content (AvgIpc) is 2.46. The molecule has 1 aromatic carbocycles. The standard InChI is InChI=1S/C13H19NO5S/c1-10-8-14(5-6-19-10)20(16,17)13-7-11(9-15)3-4-12(13)18-2/h3-4,7,10,15H,5-6,8-9H2,1-2H3. The van der Waals surface area contributed by atoms with Gasteiger partial charge in [0.05, 0.1) is 26.4 Å². The molecule has 0 aromatic heterocycles. The van der Waals surface area contributed by atoms with Gasteiger partial charge in [-0.05, 0) is 24.6 Å². The van der Waals surface area contributed by atoms with Crippen molar-refractivity contribution in [1.82, 2.24) is 4.31 Å². The highest BCUT2D eigenvalue weighted by atomic mass is 32.2. The highest BCUT2D eigenvalue weighted by Gasteiger charge is 2.31. The molecule has 7 heteroatoms. The molecule has 1 fully saturated rings. The van der Waals surface area contributed by atoms with Crippen LogP contribution in [0.4, 0.5) is 0 Å². The molecule has 2 rings (SSSR count). The summed E-state index contributed by atoms with van der Waals surface area (Å²) in [6.45, 7) is 2.63. The van der Waals surface area contributed by atoms with E-state index in [1.807, 2.05) is 6.92 Å². The summed E-state index contributed by atoms with van der Waals surface area (Å²) in [6.07, 6.45) is -0.134. The molecule has 1 unspecified atom stereocenters. The van der Waals surface area contributed by atoms with Crippen molar-refractivity contribution in [3.8, 4) is 5.75 Å². The van der Waals surface area contributed by atoms with Gasteiger partial charge in [0.1, 0.15) is 10.6 Å². The lowest BCUT2D eigenvalue weighted by molar-refractivity contribution is 0.0101. The molecule has 1 aliphatic rings. The summed E-state index contributed by atoms with van der Waals surface area (Å²) in [7, 11) is -2.23. The van der Waals surface area contributed by atoms with Gasteiger partial charge in [0.2, 0.25) is 10.0 Å². The molecule has 0 bridgehead atoms. The Kier molecular flexibility index (Phi) is 4.64. The topological polar surface area (TPSA) is 76.1 Å². The Balaban J connectivity index is 2.42. The van der Waals surface area contributed by atoms with Crippen molar-refractivity contribution in [2.24, 2.45) is 0 Å². The Labute approximate surface area is 119 Å². The summed E-state index contributed by atoms with van der Waals surface area (Å²) in [5, 5.41) is 9.17. The van der Waals surface area contributed by atoms with E-state index in [-0.39, 0.29) is 23.4 Å². The second-order valence-electron chi connectivity index (χ2n) is 4.69. The van der Waals surface area contributed by atoms with Gasteiger partial charge >= 0.3 is 0 Å². The van der Waals surface area contributed by atoms with E-state index in [9.17, 15) is 13.5 Å². The first kappa shape index (κ1) is 15.2. The van der Waals surface area contributed by atoms with Crippen LogP contribution in [0.5, 0.6) is 5.75 Å². The molecule has 1 N–H and O–H groups in total. The lowest BCUT2D eigenvalue weighted by Gasteiger charge is -2.30. The van der Waals surface area contributed by atoms with Crippen LogP contribution in [0.2, 0.25) is 0 Å². The molecule has 1 aliphatic heterocycles. The third kappa shape index (κ3) is 2.95. The van der Waals surface area contributed by atoms with E-state index in [1.54, 1.807) is 12.1 Å². The van der Waals surface area contributed by atoms with Crippen LogP contribution < -0.4 is 4.74 Å². The van der Waals surface area contributed by atoms with Gasteiger partial charge in [0, 0.05) is 13.1 Å². The Morgan fingerprint density at radius 2 is 2.25 bits per heavy atom. The van der Waals surface area contributed by atoms with E-state index in [4.69, 9.17) is 9.47 Å². The first-order chi connectivity index (χ1) is 9.48. The van der Waals surface area contributed by atoms with Crippen molar-refractivity contribution in [2.45, 2.75) is 24.5 Å². The Morgan fingerprint density at radius 3 is 2.85 bits per heavy atom. The van der Waals surface area contributed by atoms with Crippen LogP contribution in [0.25, 0.3) is 0 Å². The fraction of sp³-hybridized carbons (Fsp3) is 0.538. The maximum atomic E-state index is 12.7. The number of aliphatic hydroxyl groups is 1. The van der Waals surface area contributed by atoms with Crippen LogP contribution in [0.3, 0.4) is 0 Å². The highest BCUT2D eigenvalue weighted by molar-refractivity contribution is 7.89. The Morgan fingerprint density at radius 1 is 1.50 bits per heavy atom. The predicted molar refractivity (Wildman–Crippen MR) is 73.1 cm³/mol. The van der Waals surface area contributed by atoms with Gasteiger partial charge in [-0.15, -0.1) is 0 Å². The van der Waals surface area contributed by atoms with Gasteiger partial charge in [-0.1, -0.05) is 6.07 Å². The van der Waals surface area contributed by atoms with Gasteiger partial charge in [-0.25, -0.2) is 8.42 Å². The maximum Gasteiger partial charge on any atom is 0.246 e. The van der Waals surface area contributed by atoms with Crippen molar-refractivity contribution < 1.29 is 23.0 Å². The molecule has 1 aromatic rings. The number of nitrogens with zero attached hydrogens (tertiary/aromatic N) is 1. The quantitative estimate of drug-likeness (QED) is 0.881. The molecule has 0 aliphatic carbocycles. The third-order valence-electron chi connectivity index (χ3n) is 3.23. The van der Waals surface area contributed by atoms with E-state index in [0.717, 1.165) is 0 Å². The summed E-state index contributed by atoms with van der Waals surface area (Å²) in [4.78, 5) is 0.0839. The molecule has 0 saturated carbocycles. The number of rotatable bonds is 4. The zero-order valence-corrected chi connectivity index (χ0v) is 12.4. The first-order valence-corrected chi connectivity index (χ1v) is 7.82. The SMILES string of the molecule is COc1ccc(CO)cc1S(=O)(=O)N1CCOC(C)C1. The monoisotopic (exact) mass is 301 g/mol. The lowest BCUT2D eigenvalue weighted by Crippen LogP contribution is -2.44. The number of hydrogen-bond donors (Lipinski definition) is 1. The minimum absolute atomic E-state index is 0.0839. The van der Waals surface area contributed by atoms with E-state index in [2.05, 4.69) is 0 Å². The second-order valence-corrected chi connectivity index (χ2v) is 6.59. The second kappa shape index (κ2) is 6.09. The molecule has 1 saturated heterocycles. The average molecular weight is 301 g/mol. The van der Waals surface area contributed by atoms with Crippen LogP contribution in [0.1, 0.15) is 12.5 Å². The number of morpholine rings is 1. The van der Waals surface area contributed by atoms with E-state index >= 15 is 0 Å². The number of ether oxygens (including phenoxy) is 2. The molecular weight excluding hydrogens is 282 g/mol. The zero-order valence-electron chi connectivity index (χ0n) is 11.6. The van der Waals surface area contributed by atoms with Gasteiger partial charge in [0.15, 0.2) is 0 Å². The number of benzene rings is 1. The van der Waals surface area contributed by atoms with Crippen molar-refractivity contribution in [3.05, 3.63) is 23.8 Å². The Bertz CT molecular complexity index is 572. The lowest BCUT2D eigenvalue weighted by atomic mass is 10.2. The third-order valence-corrected chi connectivity index (χ3v) is 5.12. The molecular formula is C13H19NO5S. The van der Waals surface area contributed by atoms with Crippen molar-refractivity contribution in [2.75, 3.05) is 26.8 Å². The molecule has 1 heterocycles. The number of methoxy groups -OCH3 is 1. The highest BCUT2D eigenvalue weighted by Crippen LogP contribution is 2.28. The zero-order chi connectivity index (χ0) is 14.8. The minimum atomic E-state index is -3.65. The summed E-state index contributed by atoms with van der Waals surface area (Å²) in [5.41, 5.74) is 0.533. The van der Waals surface area contributed by atoms with Crippen LogP contribution >= 0.6 is 0 Å².